The number of carbonyl (C=O) groups is 1. The number of nitrogens with one attached hydrogen (secondary N) is 1. The van der Waals surface area contributed by atoms with Gasteiger partial charge in [-0.05, 0) is 29.2 Å². The van der Waals surface area contributed by atoms with Crippen LogP contribution in [0.25, 0.3) is 0 Å². The largest absolute Gasteiger partial charge is 0.351 e. The van der Waals surface area contributed by atoms with Gasteiger partial charge in [-0.15, -0.1) is 11.8 Å². The first-order chi connectivity index (χ1) is 10.3. The molecule has 2 aromatic rings. The minimum atomic E-state index is 0.00163. The first-order valence-electron chi connectivity index (χ1n) is 6.92. The van der Waals surface area contributed by atoms with E-state index in [4.69, 9.17) is 0 Å². The van der Waals surface area contributed by atoms with E-state index in [1.165, 1.54) is 16.0 Å². The molecule has 2 aromatic carbocycles. The zero-order chi connectivity index (χ0) is 14.7. The number of fused-ring (bicyclic) bond motifs is 1. The minimum absolute atomic E-state index is 0.00163. The summed E-state index contributed by atoms with van der Waals surface area (Å²) >= 11 is 5.12. The van der Waals surface area contributed by atoms with Gasteiger partial charge in [-0.3, -0.25) is 4.79 Å². The molecule has 1 atom stereocenters. The van der Waals surface area contributed by atoms with Crippen molar-refractivity contribution in [2.45, 2.75) is 28.4 Å². The summed E-state index contributed by atoms with van der Waals surface area (Å²) in [5.41, 5.74) is 3.65. The summed E-state index contributed by atoms with van der Waals surface area (Å²) < 4.78 is 0. The zero-order valence-electron chi connectivity index (χ0n) is 11.5. The second-order valence-electron chi connectivity index (χ2n) is 5.09. The van der Waals surface area contributed by atoms with Gasteiger partial charge >= 0.3 is 0 Å². The van der Waals surface area contributed by atoms with Crippen molar-refractivity contribution in [3.05, 3.63) is 65.2 Å². The van der Waals surface area contributed by atoms with Crippen LogP contribution < -0.4 is 5.32 Å². The van der Waals surface area contributed by atoms with Gasteiger partial charge in [0.05, 0.1) is 5.25 Å². The van der Waals surface area contributed by atoms with Gasteiger partial charge in [-0.2, -0.15) is 0 Å². The molecular weight excluding hydrogens is 346 g/mol. The number of hydrogen-bond acceptors (Lipinski definition) is 2. The summed E-state index contributed by atoms with van der Waals surface area (Å²) in [7, 11) is 0. The van der Waals surface area contributed by atoms with Gasteiger partial charge in [0, 0.05) is 16.8 Å². The van der Waals surface area contributed by atoms with Crippen molar-refractivity contribution >= 4 is 33.6 Å². The highest BCUT2D eigenvalue weighted by Crippen LogP contribution is 2.36. The zero-order valence-corrected chi connectivity index (χ0v) is 13.9. The van der Waals surface area contributed by atoms with Crippen molar-refractivity contribution in [2.24, 2.45) is 0 Å². The average Bonchev–Trinajstić information content (AvgIpc) is 2.97. The Labute approximate surface area is 137 Å². The number of amides is 1. The lowest BCUT2D eigenvalue weighted by Gasteiger charge is -2.10. The third-order valence-corrected chi connectivity index (χ3v) is 5.52. The number of rotatable bonds is 4. The van der Waals surface area contributed by atoms with Crippen LogP contribution in [-0.4, -0.2) is 11.2 Å². The smallest absolute Gasteiger partial charge is 0.234 e. The van der Waals surface area contributed by atoms with Crippen LogP contribution in [0.15, 0.2) is 53.4 Å². The van der Waals surface area contributed by atoms with E-state index < -0.39 is 0 Å². The molecule has 1 heterocycles. The Balaban J connectivity index is 1.58. The molecule has 1 N–H and O–H groups in total. The maximum atomic E-state index is 12.3. The van der Waals surface area contributed by atoms with Crippen LogP contribution in [0.4, 0.5) is 0 Å². The van der Waals surface area contributed by atoms with Crippen molar-refractivity contribution in [1.29, 1.82) is 0 Å². The van der Waals surface area contributed by atoms with Gasteiger partial charge in [-0.25, -0.2) is 0 Å². The second-order valence-corrected chi connectivity index (χ2v) is 6.90. The molecule has 21 heavy (non-hydrogen) atoms. The van der Waals surface area contributed by atoms with Crippen molar-refractivity contribution in [1.82, 2.24) is 5.32 Å². The lowest BCUT2D eigenvalue weighted by atomic mass is 10.1. The summed E-state index contributed by atoms with van der Waals surface area (Å²) in [5, 5.41) is 3.89. The topological polar surface area (TPSA) is 29.1 Å². The highest BCUT2D eigenvalue weighted by molar-refractivity contribution is 9.08. The van der Waals surface area contributed by atoms with Gasteiger partial charge in [0.25, 0.3) is 0 Å². The van der Waals surface area contributed by atoms with Gasteiger partial charge in [-0.1, -0.05) is 58.4 Å². The summed E-state index contributed by atoms with van der Waals surface area (Å²) in [6, 6.07) is 16.5. The van der Waals surface area contributed by atoms with Crippen LogP contribution >= 0.6 is 27.7 Å². The Hall–Kier alpha value is -1.26. The fourth-order valence-corrected chi connectivity index (χ4v) is 4.02. The van der Waals surface area contributed by atoms with Crippen LogP contribution in [0.3, 0.4) is 0 Å². The summed E-state index contributed by atoms with van der Waals surface area (Å²) in [6.07, 6.45) is 0.827. The van der Waals surface area contributed by atoms with E-state index >= 15 is 0 Å². The predicted molar refractivity (Wildman–Crippen MR) is 90.7 cm³/mol. The maximum absolute atomic E-state index is 12.3. The maximum Gasteiger partial charge on any atom is 0.234 e. The van der Waals surface area contributed by atoms with Crippen LogP contribution in [0, 0.1) is 0 Å². The Morgan fingerprint density at radius 2 is 2.00 bits per heavy atom. The number of carbonyl (C=O) groups excluding carboxylic acids is 1. The van der Waals surface area contributed by atoms with E-state index in [0.29, 0.717) is 6.54 Å². The summed E-state index contributed by atoms with van der Waals surface area (Å²) in [4.78, 5) is 13.5. The predicted octanol–water partition coefficient (Wildman–Crippen LogP) is 3.91. The molecule has 2 nitrogen and oxygen atoms in total. The van der Waals surface area contributed by atoms with Gasteiger partial charge in [0.15, 0.2) is 0 Å². The molecule has 1 aliphatic rings. The monoisotopic (exact) mass is 361 g/mol. The van der Waals surface area contributed by atoms with E-state index in [0.717, 1.165) is 17.3 Å². The van der Waals surface area contributed by atoms with Crippen molar-refractivity contribution < 1.29 is 4.79 Å². The molecule has 0 saturated heterocycles. The molecule has 0 spiro atoms. The van der Waals surface area contributed by atoms with Crippen LogP contribution in [0.2, 0.25) is 0 Å². The average molecular weight is 362 g/mol. The van der Waals surface area contributed by atoms with Gasteiger partial charge in [0.1, 0.15) is 0 Å². The van der Waals surface area contributed by atoms with E-state index in [1.54, 1.807) is 11.8 Å². The van der Waals surface area contributed by atoms with E-state index in [9.17, 15) is 4.79 Å². The highest BCUT2D eigenvalue weighted by atomic mass is 79.9. The molecule has 108 valence electrons. The summed E-state index contributed by atoms with van der Waals surface area (Å²) in [6.45, 7) is 0.590. The second kappa shape index (κ2) is 6.67. The molecule has 4 heteroatoms. The van der Waals surface area contributed by atoms with Crippen LogP contribution in [0.5, 0.6) is 0 Å². The number of hydrogen-bond donors (Lipinski definition) is 1. The minimum Gasteiger partial charge on any atom is -0.351 e. The molecule has 0 aromatic heterocycles. The first-order valence-corrected chi connectivity index (χ1v) is 8.92. The third kappa shape index (κ3) is 3.50. The van der Waals surface area contributed by atoms with E-state index in [-0.39, 0.29) is 11.2 Å². The Kier molecular flexibility index (Phi) is 4.66. The fraction of sp³-hybridized carbons (Fsp3) is 0.235. The van der Waals surface area contributed by atoms with Crippen LogP contribution in [0.1, 0.15) is 16.7 Å². The quantitative estimate of drug-likeness (QED) is 0.836. The van der Waals surface area contributed by atoms with E-state index in [2.05, 4.69) is 45.5 Å². The Morgan fingerprint density at radius 3 is 2.81 bits per heavy atom. The molecule has 0 aliphatic carbocycles. The number of alkyl halides is 1. The normalized spacial score (nSPS) is 16.5. The lowest BCUT2D eigenvalue weighted by Crippen LogP contribution is -2.32. The fourth-order valence-electron chi connectivity index (χ4n) is 2.45. The van der Waals surface area contributed by atoms with E-state index in [1.807, 2.05) is 24.3 Å². The van der Waals surface area contributed by atoms with Gasteiger partial charge in [0.2, 0.25) is 5.91 Å². The molecule has 0 bridgehead atoms. The van der Waals surface area contributed by atoms with Crippen LogP contribution in [-0.2, 0) is 23.1 Å². The van der Waals surface area contributed by atoms with Crippen molar-refractivity contribution in [2.75, 3.05) is 0 Å². The lowest BCUT2D eigenvalue weighted by molar-refractivity contribution is -0.120. The molecule has 3 rings (SSSR count). The Morgan fingerprint density at radius 1 is 1.19 bits per heavy atom. The van der Waals surface area contributed by atoms with Gasteiger partial charge < -0.3 is 5.32 Å². The molecule has 1 unspecified atom stereocenters. The third-order valence-electron chi connectivity index (χ3n) is 3.55. The molecule has 1 aliphatic heterocycles. The highest BCUT2D eigenvalue weighted by Gasteiger charge is 2.27. The Bertz CT molecular complexity index is 634. The molecular formula is C17H16BrNOS. The first kappa shape index (κ1) is 14.7. The van der Waals surface area contributed by atoms with Crippen molar-refractivity contribution in [3.63, 3.8) is 0 Å². The standard InChI is InChI=1S/C17H16BrNOS/c18-10-12-4-3-5-13(8-12)11-19-17(20)16-9-14-6-1-2-7-15(14)21-16/h1-8,16H,9-11H2,(H,19,20). The number of thioether (sulfide) groups is 1. The molecule has 0 fully saturated rings. The number of benzene rings is 2. The summed E-state index contributed by atoms with van der Waals surface area (Å²) in [5.74, 6) is 0.125. The molecule has 0 radical (unpaired) electrons. The molecule has 1 amide bonds. The molecule has 0 saturated carbocycles. The SMILES string of the molecule is O=C(NCc1cccc(CBr)c1)C1Cc2ccccc2S1. The number of halogens is 1. The van der Waals surface area contributed by atoms with Crippen molar-refractivity contribution in [3.8, 4) is 0 Å².